The molecule has 0 bridgehead atoms. The van der Waals surface area contributed by atoms with Crippen molar-refractivity contribution in [1.82, 2.24) is 25.3 Å². The summed E-state index contributed by atoms with van der Waals surface area (Å²) >= 11 is 0. The molecule has 13 nitrogen and oxygen atoms in total. The van der Waals surface area contributed by atoms with E-state index in [4.69, 9.17) is 20.8 Å². The van der Waals surface area contributed by atoms with Gasteiger partial charge in [-0.15, -0.1) is 5.10 Å². The molecule has 2 aliphatic rings. The number of nitrogens with one attached hydrogen (secondary N) is 2. The van der Waals surface area contributed by atoms with E-state index >= 15 is 0 Å². The van der Waals surface area contributed by atoms with Gasteiger partial charge >= 0.3 is 5.97 Å². The summed E-state index contributed by atoms with van der Waals surface area (Å²) in [6.07, 6.45) is 4.85. The fourth-order valence-corrected chi connectivity index (χ4v) is 5.00. The maximum atomic E-state index is 12.5. The molecule has 0 aliphatic carbocycles. The van der Waals surface area contributed by atoms with Crippen LogP contribution < -0.4 is 21.3 Å². The lowest BCUT2D eigenvalue weighted by Gasteiger charge is -2.43. The lowest BCUT2D eigenvalue weighted by Crippen LogP contribution is -3.25. The first-order chi connectivity index (χ1) is 15.5. The van der Waals surface area contributed by atoms with Crippen LogP contribution in [0.4, 0.5) is 5.82 Å². The molecule has 2 saturated heterocycles. The summed E-state index contributed by atoms with van der Waals surface area (Å²) in [5.74, 6) is -0.566. The van der Waals surface area contributed by atoms with E-state index in [1.807, 2.05) is 0 Å². The van der Waals surface area contributed by atoms with Gasteiger partial charge in [0.2, 0.25) is 11.6 Å². The lowest BCUT2D eigenvalue weighted by atomic mass is 9.83. The predicted molar refractivity (Wildman–Crippen MR) is 110 cm³/mol. The number of piperidine rings is 2. The molecule has 2 aromatic rings. The van der Waals surface area contributed by atoms with Crippen LogP contribution in [-0.2, 0) is 16.1 Å². The molecule has 0 aromatic carbocycles. The van der Waals surface area contributed by atoms with Gasteiger partial charge < -0.3 is 26.0 Å². The van der Waals surface area contributed by atoms with E-state index in [1.165, 1.54) is 20.9 Å². The second-order valence-corrected chi connectivity index (χ2v) is 8.53. The molecule has 2 aromatic heterocycles. The molecule has 2 fully saturated rings. The molecular weight excluding hydrogens is 418 g/mol. The minimum absolute atomic E-state index is 0.0432. The number of likely N-dealkylation sites (tertiary alicyclic amines) is 2. The Morgan fingerprint density at radius 1 is 1.16 bits per heavy atom. The van der Waals surface area contributed by atoms with Crippen molar-refractivity contribution in [3.8, 4) is 5.82 Å². The number of esters is 1. The van der Waals surface area contributed by atoms with Crippen molar-refractivity contribution in [2.24, 2.45) is 5.73 Å². The Morgan fingerprint density at radius 3 is 2.47 bits per heavy atom. The molecular formula is C19H31N9O4+2. The summed E-state index contributed by atoms with van der Waals surface area (Å²) in [6.45, 7) is 5.80. The Kier molecular flexibility index (Phi) is 6.37. The third-order valence-corrected chi connectivity index (χ3v) is 6.76. The summed E-state index contributed by atoms with van der Waals surface area (Å²) in [6, 6.07) is 0. The highest BCUT2D eigenvalue weighted by atomic mass is 16.6. The molecule has 32 heavy (non-hydrogen) atoms. The van der Waals surface area contributed by atoms with Crippen molar-refractivity contribution in [3.63, 3.8) is 0 Å². The van der Waals surface area contributed by atoms with Crippen LogP contribution >= 0.6 is 0 Å². The largest absolute Gasteiger partial charge is 0.461 e. The molecule has 13 heteroatoms. The van der Waals surface area contributed by atoms with Gasteiger partial charge in [0, 0.05) is 0 Å². The second kappa shape index (κ2) is 9.20. The van der Waals surface area contributed by atoms with Crippen LogP contribution in [0.5, 0.6) is 0 Å². The van der Waals surface area contributed by atoms with Gasteiger partial charge in [-0.1, -0.05) is 5.21 Å². The number of anilines is 1. The van der Waals surface area contributed by atoms with Crippen molar-refractivity contribution >= 4 is 17.7 Å². The van der Waals surface area contributed by atoms with Gasteiger partial charge in [0.05, 0.1) is 45.6 Å². The Hall–Kier alpha value is -3.06. The van der Waals surface area contributed by atoms with Crippen molar-refractivity contribution in [2.75, 3.05) is 38.5 Å². The SMILES string of the molecule is CCOC(=O)c1nnn(-c2nonc2N)c1C[NH+]1CCC(C(N)=O)([NH+]2CCCCC2)CC1. The van der Waals surface area contributed by atoms with Gasteiger partial charge in [-0.2, -0.15) is 4.68 Å². The van der Waals surface area contributed by atoms with E-state index in [0.29, 0.717) is 25.1 Å². The summed E-state index contributed by atoms with van der Waals surface area (Å²) in [4.78, 5) is 27.5. The van der Waals surface area contributed by atoms with Crippen LogP contribution in [0.2, 0.25) is 0 Å². The molecule has 6 N–H and O–H groups in total. The number of nitrogens with two attached hydrogens (primary N) is 2. The zero-order chi connectivity index (χ0) is 22.7. The predicted octanol–water partition coefficient (Wildman–Crippen LogP) is -3.12. The molecule has 1 amide bonds. The van der Waals surface area contributed by atoms with Crippen LogP contribution in [0.25, 0.3) is 5.82 Å². The van der Waals surface area contributed by atoms with Gasteiger partial charge in [-0.05, 0) is 36.5 Å². The number of ether oxygens (including phenoxy) is 1. The Morgan fingerprint density at radius 2 is 1.88 bits per heavy atom. The highest BCUT2D eigenvalue weighted by Gasteiger charge is 2.50. The average molecular weight is 450 g/mol. The van der Waals surface area contributed by atoms with E-state index in [9.17, 15) is 9.59 Å². The molecule has 2 aliphatic heterocycles. The number of carbonyl (C=O) groups is 2. The zero-order valence-corrected chi connectivity index (χ0v) is 18.3. The van der Waals surface area contributed by atoms with Crippen molar-refractivity contribution in [2.45, 2.75) is 51.1 Å². The fraction of sp³-hybridized carbons (Fsp3) is 0.684. The molecule has 0 radical (unpaired) electrons. The van der Waals surface area contributed by atoms with E-state index in [0.717, 1.165) is 39.0 Å². The fourth-order valence-electron chi connectivity index (χ4n) is 5.00. The summed E-state index contributed by atoms with van der Waals surface area (Å²) in [5.41, 5.74) is 11.9. The standard InChI is InChI=1S/C19H29N9O4/c1-2-31-17(29)14-13(28(25-22-14)16-15(20)23-32-24-16)12-26-10-6-19(7-11-26,18(21)30)27-8-4-3-5-9-27/h2-12H2,1H3,(H2,20,23)(H2,21,30)/p+2. The van der Waals surface area contributed by atoms with E-state index in [1.54, 1.807) is 6.92 Å². The number of nitrogen functional groups attached to an aromatic ring is 1. The van der Waals surface area contributed by atoms with Crippen molar-refractivity contribution < 1.29 is 28.8 Å². The number of hydrogen-bond donors (Lipinski definition) is 4. The van der Waals surface area contributed by atoms with Crippen molar-refractivity contribution in [1.29, 1.82) is 0 Å². The van der Waals surface area contributed by atoms with Gasteiger partial charge in [-0.25, -0.2) is 9.42 Å². The highest BCUT2D eigenvalue weighted by molar-refractivity contribution is 5.88. The number of hydrogen-bond acceptors (Lipinski definition) is 9. The Balaban J connectivity index is 1.55. The number of rotatable bonds is 7. The van der Waals surface area contributed by atoms with Crippen LogP contribution in [0, 0.1) is 0 Å². The van der Waals surface area contributed by atoms with Gasteiger partial charge in [0.1, 0.15) is 12.2 Å². The zero-order valence-electron chi connectivity index (χ0n) is 18.3. The van der Waals surface area contributed by atoms with Gasteiger partial charge in [0.25, 0.3) is 5.91 Å². The Labute approximate surface area is 185 Å². The number of primary amides is 1. The first kappa shape index (κ1) is 22.1. The number of quaternary nitrogens is 2. The normalized spacial score (nSPS) is 24.3. The maximum absolute atomic E-state index is 12.5. The molecule has 0 atom stereocenters. The van der Waals surface area contributed by atoms with Gasteiger partial charge in [-0.3, -0.25) is 4.79 Å². The monoisotopic (exact) mass is 449 g/mol. The molecule has 4 heterocycles. The number of carbonyl (C=O) groups excluding carboxylic acids is 2. The molecule has 174 valence electrons. The minimum Gasteiger partial charge on any atom is -0.461 e. The highest BCUT2D eigenvalue weighted by Crippen LogP contribution is 2.18. The Bertz CT molecular complexity index is 958. The van der Waals surface area contributed by atoms with Crippen LogP contribution in [0.1, 0.15) is 55.2 Å². The molecule has 0 saturated carbocycles. The van der Waals surface area contributed by atoms with E-state index in [2.05, 4.69) is 20.6 Å². The third-order valence-electron chi connectivity index (χ3n) is 6.76. The summed E-state index contributed by atoms with van der Waals surface area (Å²) in [7, 11) is 0. The third kappa shape index (κ3) is 4.05. The number of nitrogens with zero attached hydrogens (tertiary/aromatic N) is 5. The van der Waals surface area contributed by atoms with E-state index < -0.39 is 11.5 Å². The van der Waals surface area contributed by atoms with Crippen LogP contribution in [-0.4, -0.2) is 75.5 Å². The number of amides is 1. The smallest absolute Gasteiger partial charge is 0.361 e. The lowest BCUT2D eigenvalue weighted by molar-refractivity contribution is -0.978. The van der Waals surface area contributed by atoms with Crippen molar-refractivity contribution in [3.05, 3.63) is 11.4 Å². The van der Waals surface area contributed by atoms with E-state index in [-0.39, 0.29) is 29.8 Å². The van der Waals surface area contributed by atoms with Crippen LogP contribution in [0.3, 0.4) is 0 Å². The second-order valence-electron chi connectivity index (χ2n) is 8.53. The topological polar surface area (TPSA) is 174 Å². The van der Waals surface area contributed by atoms with Gasteiger partial charge in [0.15, 0.2) is 11.2 Å². The maximum Gasteiger partial charge on any atom is 0.361 e. The first-order valence-corrected chi connectivity index (χ1v) is 11.1. The van der Waals surface area contributed by atoms with Crippen LogP contribution in [0.15, 0.2) is 4.63 Å². The molecule has 4 rings (SSSR count). The molecule has 0 unspecified atom stereocenters. The quantitative estimate of drug-likeness (QED) is 0.319. The summed E-state index contributed by atoms with van der Waals surface area (Å²) in [5, 5.41) is 15.4. The first-order valence-electron chi connectivity index (χ1n) is 11.1. The average Bonchev–Trinajstić information content (AvgIpc) is 3.40. The number of aromatic nitrogens is 5. The minimum atomic E-state index is -0.565. The molecule has 0 spiro atoms. The summed E-state index contributed by atoms with van der Waals surface area (Å²) < 4.78 is 11.2.